The Balaban J connectivity index is 1.69. The summed E-state index contributed by atoms with van der Waals surface area (Å²) in [6, 6.07) is 0. The lowest BCUT2D eigenvalue weighted by Crippen LogP contribution is -2.50. The van der Waals surface area contributed by atoms with Gasteiger partial charge in [-0.05, 0) is 68.1 Å². The molecule has 3 fully saturated rings. The third-order valence-electron chi connectivity index (χ3n) is 7.79. The molecule has 2 nitrogen and oxygen atoms in total. The molecular weight excluding hydrogens is 260 g/mol. The molecule has 0 aromatic heterocycles. The summed E-state index contributed by atoms with van der Waals surface area (Å²) in [5.74, 6) is 2.60. The molecule has 4 aliphatic rings. The molecule has 0 spiro atoms. The zero-order chi connectivity index (χ0) is 14.8. The quantitative estimate of drug-likeness (QED) is 0.687. The molecule has 0 heterocycles. The summed E-state index contributed by atoms with van der Waals surface area (Å²) in [6.07, 6.45) is 10.7. The summed E-state index contributed by atoms with van der Waals surface area (Å²) in [7, 11) is 0. The summed E-state index contributed by atoms with van der Waals surface area (Å²) in [4.78, 5) is 12.4. The first-order valence-electron chi connectivity index (χ1n) is 8.86. The lowest BCUT2D eigenvalue weighted by molar-refractivity contribution is -0.132. The lowest BCUT2D eigenvalue weighted by atomic mass is 9.48. The second-order valence-electron chi connectivity index (χ2n) is 8.57. The molecule has 0 radical (unpaired) electrons. The van der Waals surface area contributed by atoms with Gasteiger partial charge in [0.25, 0.3) is 0 Å². The van der Waals surface area contributed by atoms with E-state index >= 15 is 0 Å². The molecule has 0 aromatic carbocycles. The first kappa shape index (κ1) is 14.0. The maximum Gasteiger partial charge on any atom is 0.139 e. The van der Waals surface area contributed by atoms with Gasteiger partial charge in [0.2, 0.25) is 0 Å². The summed E-state index contributed by atoms with van der Waals surface area (Å²) in [5, 5.41) is 10.00. The van der Waals surface area contributed by atoms with Crippen LogP contribution in [0.25, 0.3) is 0 Å². The molecule has 21 heavy (non-hydrogen) atoms. The van der Waals surface area contributed by atoms with Crippen LogP contribution in [-0.4, -0.2) is 17.0 Å². The summed E-state index contributed by atoms with van der Waals surface area (Å²) in [5.41, 5.74) is 1.81. The van der Waals surface area contributed by atoms with E-state index in [2.05, 4.69) is 19.9 Å². The van der Waals surface area contributed by atoms with Crippen LogP contribution in [0.15, 0.2) is 11.6 Å². The number of aliphatic hydroxyl groups is 1. The molecular formula is C19H28O2. The number of aliphatic hydroxyl groups excluding tert-OH is 1. The van der Waals surface area contributed by atoms with Gasteiger partial charge in [0.1, 0.15) is 5.78 Å². The van der Waals surface area contributed by atoms with E-state index in [-0.39, 0.29) is 11.5 Å². The Morgan fingerprint density at radius 3 is 2.62 bits per heavy atom. The summed E-state index contributed by atoms with van der Waals surface area (Å²) >= 11 is 0. The molecule has 6 atom stereocenters. The van der Waals surface area contributed by atoms with Crippen molar-refractivity contribution >= 4 is 5.78 Å². The fourth-order valence-corrected chi connectivity index (χ4v) is 6.41. The Morgan fingerprint density at radius 2 is 1.81 bits per heavy atom. The minimum atomic E-state index is -0.122. The smallest absolute Gasteiger partial charge is 0.139 e. The molecule has 0 bridgehead atoms. The Labute approximate surface area is 128 Å². The molecule has 0 aliphatic heterocycles. The van der Waals surface area contributed by atoms with Crippen molar-refractivity contribution in [3.05, 3.63) is 11.6 Å². The number of carbonyl (C=O) groups excluding carboxylic acids is 1. The normalized spacial score (nSPS) is 52.7. The molecule has 4 rings (SSSR count). The molecule has 1 N–H and O–H groups in total. The zero-order valence-electron chi connectivity index (χ0n) is 13.4. The number of ketones is 1. The predicted molar refractivity (Wildman–Crippen MR) is 82.7 cm³/mol. The van der Waals surface area contributed by atoms with Gasteiger partial charge in [-0.2, -0.15) is 0 Å². The second-order valence-corrected chi connectivity index (χ2v) is 8.57. The van der Waals surface area contributed by atoms with Crippen molar-refractivity contribution in [2.75, 3.05) is 0 Å². The summed E-state index contributed by atoms with van der Waals surface area (Å²) in [6.45, 7) is 4.69. The molecule has 4 aliphatic carbocycles. The van der Waals surface area contributed by atoms with E-state index < -0.39 is 0 Å². The largest absolute Gasteiger partial charge is 0.393 e. The SMILES string of the molecule is C[C@]12CC[C@@H](O)CC1=CC[C@@H]1[C@H]2CC[C@@]2(C)C(=O)CC[C@@H]12. The van der Waals surface area contributed by atoms with Gasteiger partial charge in [-0.1, -0.05) is 25.5 Å². The lowest BCUT2D eigenvalue weighted by Gasteiger charge is -2.56. The van der Waals surface area contributed by atoms with Crippen molar-refractivity contribution < 1.29 is 9.90 Å². The van der Waals surface area contributed by atoms with E-state index in [9.17, 15) is 9.90 Å². The van der Waals surface area contributed by atoms with Gasteiger partial charge in [0.15, 0.2) is 0 Å². The number of hydrogen-bond acceptors (Lipinski definition) is 2. The molecule has 0 unspecified atom stereocenters. The van der Waals surface area contributed by atoms with Crippen molar-refractivity contribution in [2.24, 2.45) is 28.6 Å². The van der Waals surface area contributed by atoms with Crippen LogP contribution in [0, 0.1) is 28.6 Å². The number of allylic oxidation sites excluding steroid dienone is 1. The maximum absolute atomic E-state index is 12.4. The number of carbonyl (C=O) groups is 1. The second kappa shape index (κ2) is 4.44. The van der Waals surface area contributed by atoms with Gasteiger partial charge in [-0.15, -0.1) is 0 Å². The van der Waals surface area contributed by atoms with Crippen molar-refractivity contribution in [1.29, 1.82) is 0 Å². The number of rotatable bonds is 0. The van der Waals surface area contributed by atoms with Crippen LogP contribution in [0.2, 0.25) is 0 Å². The molecule has 0 amide bonds. The molecule has 0 aromatic rings. The highest BCUT2D eigenvalue weighted by Crippen LogP contribution is 2.63. The van der Waals surface area contributed by atoms with Gasteiger partial charge in [0, 0.05) is 11.8 Å². The third kappa shape index (κ3) is 1.78. The van der Waals surface area contributed by atoms with Crippen LogP contribution < -0.4 is 0 Å². The number of Topliss-reactive ketones (excluding diaryl/α,β-unsaturated/α-hetero) is 1. The molecule has 3 saturated carbocycles. The minimum Gasteiger partial charge on any atom is -0.393 e. The van der Waals surface area contributed by atoms with Gasteiger partial charge in [-0.25, -0.2) is 0 Å². The highest BCUT2D eigenvalue weighted by Gasteiger charge is 2.58. The van der Waals surface area contributed by atoms with Gasteiger partial charge in [0.05, 0.1) is 6.10 Å². The third-order valence-corrected chi connectivity index (χ3v) is 7.79. The predicted octanol–water partition coefficient (Wildman–Crippen LogP) is 3.88. The fourth-order valence-electron chi connectivity index (χ4n) is 6.41. The van der Waals surface area contributed by atoms with Gasteiger partial charge in [-0.3, -0.25) is 4.79 Å². The standard InChI is InChI=1S/C19H28O2/c1-18-9-7-13(20)11-12(18)3-4-14-15-5-6-17(21)19(15,2)10-8-16(14)18/h3,13-16,20H,4-11H2,1-2H3/t13-,14+,15+,16-,18+,19-/m1/s1. The van der Waals surface area contributed by atoms with Crippen molar-refractivity contribution in [1.82, 2.24) is 0 Å². The number of hydrogen-bond donors (Lipinski definition) is 1. The number of fused-ring (bicyclic) bond motifs is 5. The van der Waals surface area contributed by atoms with Crippen LogP contribution in [0.1, 0.15) is 65.2 Å². The molecule has 116 valence electrons. The van der Waals surface area contributed by atoms with E-state index in [1.165, 1.54) is 12.0 Å². The van der Waals surface area contributed by atoms with Crippen molar-refractivity contribution in [2.45, 2.75) is 71.3 Å². The van der Waals surface area contributed by atoms with Crippen LogP contribution in [0.3, 0.4) is 0 Å². The molecule has 0 saturated heterocycles. The van der Waals surface area contributed by atoms with Crippen LogP contribution in [-0.2, 0) is 4.79 Å². The molecule has 2 heteroatoms. The van der Waals surface area contributed by atoms with E-state index in [0.29, 0.717) is 23.0 Å². The monoisotopic (exact) mass is 288 g/mol. The highest BCUT2D eigenvalue weighted by molar-refractivity contribution is 5.87. The minimum absolute atomic E-state index is 0.0168. The Morgan fingerprint density at radius 1 is 1.10 bits per heavy atom. The first-order valence-corrected chi connectivity index (χ1v) is 8.86. The van der Waals surface area contributed by atoms with E-state index in [4.69, 9.17) is 0 Å². The van der Waals surface area contributed by atoms with E-state index in [1.807, 2.05) is 0 Å². The highest BCUT2D eigenvalue weighted by atomic mass is 16.3. The average molecular weight is 288 g/mol. The van der Waals surface area contributed by atoms with Crippen molar-refractivity contribution in [3.8, 4) is 0 Å². The zero-order valence-corrected chi connectivity index (χ0v) is 13.4. The maximum atomic E-state index is 12.4. The van der Waals surface area contributed by atoms with Crippen LogP contribution in [0.4, 0.5) is 0 Å². The van der Waals surface area contributed by atoms with Crippen LogP contribution >= 0.6 is 0 Å². The Hall–Kier alpha value is -0.630. The fraction of sp³-hybridized carbons (Fsp3) is 0.842. The van der Waals surface area contributed by atoms with Crippen LogP contribution in [0.5, 0.6) is 0 Å². The topological polar surface area (TPSA) is 37.3 Å². The Kier molecular flexibility index (Phi) is 2.96. The first-order chi connectivity index (χ1) is 9.95. The summed E-state index contributed by atoms with van der Waals surface area (Å²) < 4.78 is 0. The van der Waals surface area contributed by atoms with Gasteiger partial charge < -0.3 is 5.11 Å². The average Bonchev–Trinajstić information content (AvgIpc) is 2.76. The Bertz CT molecular complexity index is 508. The van der Waals surface area contributed by atoms with Crippen molar-refractivity contribution in [3.63, 3.8) is 0 Å². The van der Waals surface area contributed by atoms with E-state index in [1.54, 1.807) is 0 Å². The van der Waals surface area contributed by atoms with E-state index in [0.717, 1.165) is 50.9 Å². The van der Waals surface area contributed by atoms with Gasteiger partial charge >= 0.3 is 0 Å².